The standard InChI is InChI=1S/C26H25FN6O2/c1-28-25(34)20-16-31-33-23(10-12-30-24(20)33)22-8-4-5-13-32(22)26(35)18-9-11-29-19(15-18)14-17-6-2-3-7-21(17)27/h2-3,6-7,9-12,15-16,22H,4-5,8,13-14H2,1H3,(H,28,34)/t22-/m0/s1. The number of halogens is 1. The summed E-state index contributed by atoms with van der Waals surface area (Å²) >= 11 is 0. The van der Waals surface area contributed by atoms with Crippen molar-refractivity contribution in [2.75, 3.05) is 13.6 Å². The van der Waals surface area contributed by atoms with Crippen LogP contribution in [-0.4, -0.2) is 49.9 Å². The van der Waals surface area contributed by atoms with Gasteiger partial charge in [-0.2, -0.15) is 5.10 Å². The predicted molar refractivity (Wildman–Crippen MR) is 127 cm³/mol. The van der Waals surface area contributed by atoms with Gasteiger partial charge in [0, 0.05) is 43.7 Å². The second-order valence-corrected chi connectivity index (χ2v) is 8.56. The molecule has 2 amide bonds. The number of nitrogens with one attached hydrogen (secondary N) is 1. The number of benzene rings is 1. The van der Waals surface area contributed by atoms with Crippen LogP contribution in [0.2, 0.25) is 0 Å². The molecule has 9 heteroatoms. The van der Waals surface area contributed by atoms with E-state index >= 15 is 0 Å². The number of nitrogens with zero attached hydrogens (tertiary/aromatic N) is 5. The summed E-state index contributed by atoms with van der Waals surface area (Å²) in [5, 5.41) is 7.02. The van der Waals surface area contributed by atoms with E-state index in [0.29, 0.717) is 41.0 Å². The molecule has 178 valence electrons. The Bertz CT molecular complexity index is 1400. The maximum atomic E-state index is 14.1. The molecule has 1 saturated heterocycles. The van der Waals surface area contributed by atoms with Gasteiger partial charge in [0.05, 0.1) is 17.9 Å². The van der Waals surface area contributed by atoms with Crippen LogP contribution in [0.3, 0.4) is 0 Å². The minimum Gasteiger partial charge on any atom is -0.355 e. The Labute approximate surface area is 201 Å². The zero-order valence-corrected chi connectivity index (χ0v) is 19.3. The van der Waals surface area contributed by atoms with E-state index in [1.165, 1.54) is 12.3 Å². The summed E-state index contributed by atoms with van der Waals surface area (Å²) in [6.07, 6.45) is 7.68. The molecular weight excluding hydrogens is 447 g/mol. The second-order valence-electron chi connectivity index (χ2n) is 8.56. The summed E-state index contributed by atoms with van der Waals surface area (Å²) in [7, 11) is 1.56. The van der Waals surface area contributed by atoms with Gasteiger partial charge in [0.2, 0.25) is 0 Å². The van der Waals surface area contributed by atoms with Crippen molar-refractivity contribution < 1.29 is 14.0 Å². The number of pyridine rings is 1. The molecule has 1 atom stereocenters. The van der Waals surface area contributed by atoms with Gasteiger partial charge in [0.1, 0.15) is 11.4 Å². The van der Waals surface area contributed by atoms with E-state index in [9.17, 15) is 14.0 Å². The fraction of sp³-hybridized carbons (Fsp3) is 0.269. The number of amides is 2. The number of carbonyl (C=O) groups is 2. The largest absolute Gasteiger partial charge is 0.355 e. The molecule has 0 saturated carbocycles. The Morgan fingerprint density at radius 2 is 1.94 bits per heavy atom. The molecule has 1 fully saturated rings. The normalized spacial score (nSPS) is 15.8. The van der Waals surface area contributed by atoms with Gasteiger partial charge in [-0.3, -0.25) is 14.6 Å². The number of carbonyl (C=O) groups excluding carboxylic acids is 2. The van der Waals surface area contributed by atoms with Crippen molar-refractivity contribution in [2.24, 2.45) is 0 Å². The van der Waals surface area contributed by atoms with Crippen LogP contribution in [0.1, 0.15) is 63.0 Å². The highest BCUT2D eigenvalue weighted by Crippen LogP contribution is 2.32. The molecule has 0 bridgehead atoms. The van der Waals surface area contributed by atoms with Crippen molar-refractivity contribution in [3.8, 4) is 0 Å². The molecule has 1 N–H and O–H groups in total. The molecule has 1 aliphatic heterocycles. The second kappa shape index (κ2) is 9.61. The van der Waals surface area contributed by atoms with Crippen LogP contribution in [0.5, 0.6) is 0 Å². The fourth-order valence-corrected chi connectivity index (χ4v) is 4.65. The van der Waals surface area contributed by atoms with Gasteiger partial charge in [0.25, 0.3) is 11.8 Å². The summed E-state index contributed by atoms with van der Waals surface area (Å²) in [6, 6.07) is 11.6. The number of hydrogen-bond acceptors (Lipinski definition) is 5. The Morgan fingerprint density at radius 1 is 1.11 bits per heavy atom. The number of hydrogen-bond donors (Lipinski definition) is 1. The van der Waals surface area contributed by atoms with Gasteiger partial charge in [-0.05, 0) is 49.1 Å². The lowest BCUT2D eigenvalue weighted by Gasteiger charge is -2.36. The highest BCUT2D eigenvalue weighted by atomic mass is 19.1. The Kier molecular flexibility index (Phi) is 6.22. The van der Waals surface area contributed by atoms with E-state index in [1.54, 1.807) is 54.3 Å². The monoisotopic (exact) mass is 472 g/mol. The van der Waals surface area contributed by atoms with E-state index in [1.807, 2.05) is 11.0 Å². The van der Waals surface area contributed by atoms with Crippen LogP contribution in [0, 0.1) is 5.82 Å². The first-order chi connectivity index (χ1) is 17.1. The maximum absolute atomic E-state index is 14.1. The van der Waals surface area contributed by atoms with Crippen LogP contribution in [0.25, 0.3) is 5.65 Å². The van der Waals surface area contributed by atoms with E-state index in [0.717, 1.165) is 25.0 Å². The molecular formula is C26H25FN6O2. The summed E-state index contributed by atoms with van der Waals surface area (Å²) in [4.78, 5) is 36.4. The van der Waals surface area contributed by atoms with Crippen LogP contribution < -0.4 is 5.32 Å². The molecule has 1 aliphatic rings. The topological polar surface area (TPSA) is 92.5 Å². The van der Waals surface area contributed by atoms with E-state index in [4.69, 9.17) is 0 Å². The number of aromatic nitrogens is 4. The Balaban J connectivity index is 1.46. The van der Waals surface area contributed by atoms with E-state index < -0.39 is 0 Å². The summed E-state index contributed by atoms with van der Waals surface area (Å²) in [5.41, 5.74) is 3.31. The number of piperidine rings is 1. The van der Waals surface area contributed by atoms with Crippen LogP contribution in [-0.2, 0) is 6.42 Å². The average molecular weight is 473 g/mol. The highest BCUT2D eigenvalue weighted by molar-refractivity contribution is 5.99. The third-order valence-corrected chi connectivity index (χ3v) is 6.40. The SMILES string of the molecule is CNC(=O)c1cnn2c([C@@H]3CCCCN3C(=O)c3ccnc(Cc4ccccc4F)c3)ccnc12. The summed E-state index contributed by atoms with van der Waals surface area (Å²) < 4.78 is 15.8. The third kappa shape index (κ3) is 4.37. The fourth-order valence-electron chi connectivity index (χ4n) is 4.65. The first-order valence-corrected chi connectivity index (χ1v) is 11.6. The first-order valence-electron chi connectivity index (χ1n) is 11.6. The molecule has 4 heterocycles. The van der Waals surface area contributed by atoms with E-state index in [2.05, 4.69) is 20.4 Å². The van der Waals surface area contributed by atoms with Crippen LogP contribution in [0.15, 0.2) is 61.1 Å². The predicted octanol–water partition coefficient (Wildman–Crippen LogP) is 3.58. The number of fused-ring (bicyclic) bond motifs is 1. The molecule has 3 aromatic heterocycles. The molecule has 0 unspecified atom stereocenters. The summed E-state index contributed by atoms with van der Waals surface area (Å²) in [5.74, 6) is -0.671. The van der Waals surface area contributed by atoms with Gasteiger partial charge < -0.3 is 10.2 Å². The lowest BCUT2D eigenvalue weighted by molar-refractivity contribution is 0.0602. The van der Waals surface area contributed by atoms with Crippen molar-refractivity contribution in [2.45, 2.75) is 31.7 Å². The molecule has 4 aromatic rings. The minimum absolute atomic E-state index is 0.115. The van der Waals surface area contributed by atoms with Gasteiger partial charge in [-0.25, -0.2) is 13.9 Å². The van der Waals surface area contributed by atoms with Gasteiger partial charge >= 0.3 is 0 Å². The molecule has 0 spiro atoms. The number of likely N-dealkylation sites (tertiary alicyclic amines) is 1. The zero-order valence-electron chi connectivity index (χ0n) is 19.3. The van der Waals surface area contributed by atoms with Crippen LogP contribution in [0.4, 0.5) is 4.39 Å². The molecule has 8 nitrogen and oxygen atoms in total. The quantitative estimate of drug-likeness (QED) is 0.479. The maximum Gasteiger partial charge on any atom is 0.256 e. The summed E-state index contributed by atoms with van der Waals surface area (Å²) in [6.45, 7) is 0.599. The minimum atomic E-state index is -0.292. The van der Waals surface area contributed by atoms with Crippen LogP contribution >= 0.6 is 0 Å². The van der Waals surface area contributed by atoms with Gasteiger partial charge in [-0.15, -0.1) is 0 Å². The smallest absolute Gasteiger partial charge is 0.256 e. The first kappa shape index (κ1) is 22.6. The third-order valence-electron chi connectivity index (χ3n) is 6.40. The van der Waals surface area contributed by atoms with Crippen molar-refractivity contribution in [1.82, 2.24) is 29.8 Å². The van der Waals surface area contributed by atoms with Crippen molar-refractivity contribution in [1.29, 1.82) is 0 Å². The lowest BCUT2D eigenvalue weighted by atomic mass is 9.97. The van der Waals surface area contributed by atoms with Crippen molar-refractivity contribution in [3.05, 3.63) is 95.0 Å². The molecule has 1 aromatic carbocycles. The van der Waals surface area contributed by atoms with Crippen molar-refractivity contribution in [3.63, 3.8) is 0 Å². The molecule has 0 aliphatic carbocycles. The molecule has 35 heavy (non-hydrogen) atoms. The van der Waals surface area contributed by atoms with Crippen molar-refractivity contribution >= 4 is 17.5 Å². The highest BCUT2D eigenvalue weighted by Gasteiger charge is 2.31. The Hall–Kier alpha value is -4.14. The average Bonchev–Trinajstić information content (AvgIpc) is 3.34. The lowest BCUT2D eigenvalue weighted by Crippen LogP contribution is -2.39. The van der Waals surface area contributed by atoms with Gasteiger partial charge in [0.15, 0.2) is 5.65 Å². The zero-order chi connectivity index (χ0) is 24.4. The Morgan fingerprint density at radius 3 is 2.77 bits per heavy atom. The van der Waals surface area contributed by atoms with E-state index in [-0.39, 0.29) is 23.7 Å². The number of rotatable bonds is 5. The molecule has 0 radical (unpaired) electrons. The molecule has 5 rings (SSSR count). The van der Waals surface area contributed by atoms with Gasteiger partial charge in [-0.1, -0.05) is 18.2 Å².